The minimum atomic E-state index is -0.979. The molecule has 2 atom stereocenters. The number of para-hydroxylation sites is 2. The summed E-state index contributed by atoms with van der Waals surface area (Å²) in [6.07, 6.45) is 2.37. The van der Waals surface area contributed by atoms with Crippen molar-refractivity contribution in [3.8, 4) is 0 Å². The lowest BCUT2D eigenvalue weighted by molar-refractivity contribution is -0.134. The third-order valence-electron chi connectivity index (χ3n) is 5.30. The van der Waals surface area contributed by atoms with Crippen molar-refractivity contribution in [1.29, 1.82) is 0 Å². The molecular weight excluding hydrogens is 360 g/mol. The Bertz CT molecular complexity index is 824. The molecule has 3 rings (SSSR count). The molecule has 28 heavy (non-hydrogen) atoms. The summed E-state index contributed by atoms with van der Waals surface area (Å²) in [7, 11) is 0. The number of rotatable bonds is 5. The van der Waals surface area contributed by atoms with Crippen LogP contribution in [0.4, 0.5) is 16.2 Å². The van der Waals surface area contributed by atoms with E-state index in [0.29, 0.717) is 17.8 Å². The Morgan fingerprint density at radius 2 is 1.96 bits per heavy atom. The Labute approximate surface area is 164 Å². The number of carbonyl (C=O) groups is 4. The molecule has 0 spiro atoms. The summed E-state index contributed by atoms with van der Waals surface area (Å²) in [4.78, 5) is 52.9. The predicted molar refractivity (Wildman–Crippen MR) is 105 cm³/mol. The highest BCUT2D eigenvalue weighted by Gasteiger charge is 2.48. The highest BCUT2D eigenvalue weighted by Crippen LogP contribution is 2.32. The minimum Gasteiger partial charge on any atom is -0.324 e. The Kier molecular flexibility index (Phi) is 5.40. The van der Waals surface area contributed by atoms with E-state index in [-0.39, 0.29) is 24.8 Å². The highest BCUT2D eigenvalue weighted by molar-refractivity contribution is 6.11. The maximum absolute atomic E-state index is 13.1. The van der Waals surface area contributed by atoms with Gasteiger partial charge in [-0.25, -0.2) is 4.79 Å². The van der Waals surface area contributed by atoms with E-state index in [0.717, 1.165) is 17.7 Å². The molecule has 1 saturated heterocycles. The van der Waals surface area contributed by atoms with Crippen LogP contribution in [-0.2, 0) is 14.4 Å². The third kappa shape index (κ3) is 3.58. The van der Waals surface area contributed by atoms with Gasteiger partial charge in [0.05, 0.1) is 11.4 Å². The zero-order chi connectivity index (χ0) is 20.5. The van der Waals surface area contributed by atoms with E-state index in [2.05, 4.69) is 10.6 Å². The molecule has 5 amide bonds. The summed E-state index contributed by atoms with van der Waals surface area (Å²) in [6.45, 7) is 5.12. The van der Waals surface area contributed by atoms with Gasteiger partial charge in [-0.1, -0.05) is 31.9 Å². The first-order chi connectivity index (χ1) is 13.3. The van der Waals surface area contributed by atoms with E-state index in [1.54, 1.807) is 38.1 Å². The molecule has 0 bridgehead atoms. The van der Waals surface area contributed by atoms with Gasteiger partial charge >= 0.3 is 6.03 Å². The van der Waals surface area contributed by atoms with Crippen LogP contribution in [0.2, 0.25) is 0 Å². The fraction of sp³-hybridized carbons (Fsp3) is 0.500. The zero-order valence-corrected chi connectivity index (χ0v) is 16.4. The van der Waals surface area contributed by atoms with Crippen LogP contribution in [0, 0.1) is 0 Å². The maximum Gasteiger partial charge on any atom is 0.325 e. The molecule has 8 nitrogen and oxygen atoms in total. The van der Waals surface area contributed by atoms with E-state index in [1.807, 2.05) is 6.92 Å². The average molecular weight is 386 g/mol. The second-order valence-electron chi connectivity index (χ2n) is 7.64. The highest BCUT2D eigenvalue weighted by atomic mass is 16.2. The molecule has 0 unspecified atom stereocenters. The normalized spacial score (nSPS) is 24.5. The van der Waals surface area contributed by atoms with Crippen LogP contribution >= 0.6 is 0 Å². The molecule has 2 aliphatic heterocycles. The number of amides is 5. The van der Waals surface area contributed by atoms with Crippen LogP contribution < -0.4 is 15.5 Å². The second-order valence-corrected chi connectivity index (χ2v) is 7.64. The molecule has 150 valence electrons. The molecule has 8 heteroatoms. The van der Waals surface area contributed by atoms with Gasteiger partial charge in [0.1, 0.15) is 12.1 Å². The molecule has 0 aliphatic carbocycles. The third-order valence-corrected chi connectivity index (χ3v) is 5.30. The van der Waals surface area contributed by atoms with Crippen molar-refractivity contribution < 1.29 is 19.2 Å². The lowest BCUT2D eigenvalue weighted by atomic mass is 9.95. The molecule has 2 N–H and O–H groups in total. The predicted octanol–water partition coefficient (Wildman–Crippen LogP) is 2.25. The van der Waals surface area contributed by atoms with Crippen molar-refractivity contribution >= 4 is 35.1 Å². The summed E-state index contributed by atoms with van der Waals surface area (Å²) < 4.78 is 0. The van der Waals surface area contributed by atoms with E-state index < -0.39 is 23.5 Å². The number of nitrogens with one attached hydrogen (secondary N) is 2. The van der Waals surface area contributed by atoms with Gasteiger partial charge in [-0.05, 0) is 32.4 Å². The molecule has 2 heterocycles. The molecule has 1 aromatic rings. The number of unbranched alkanes of at least 4 members (excludes halogenated alkanes) is 1. The minimum absolute atomic E-state index is 0.134. The lowest BCUT2D eigenvalue weighted by Crippen LogP contribution is -2.48. The van der Waals surface area contributed by atoms with Gasteiger partial charge in [-0.2, -0.15) is 0 Å². The van der Waals surface area contributed by atoms with Gasteiger partial charge in [-0.3, -0.25) is 19.3 Å². The summed E-state index contributed by atoms with van der Waals surface area (Å²) in [5, 5.41) is 5.52. The topological polar surface area (TPSA) is 98.8 Å². The van der Waals surface area contributed by atoms with Crippen LogP contribution in [0.3, 0.4) is 0 Å². The summed E-state index contributed by atoms with van der Waals surface area (Å²) in [5.41, 5.74) is 0.120. The van der Waals surface area contributed by atoms with Crippen molar-refractivity contribution in [3.63, 3.8) is 0 Å². The molecular formula is C20H26N4O4. The van der Waals surface area contributed by atoms with Gasteiger partial charge in [0.2, 0.25) is 11.8 Å². The maximum atomic E-state index is 13.1. The Morgan fingerprint density at radius 1 is 1.25 bits per heavy atom. The number of anilines is 2. The molecule has 2 aliphatic rings. The molecule has 0 saturated carbocycles. The number of benzene rings is 1. The van der Waals surface area contributed by atoms with E-state index in [4.69, 9.17) is 0 Å². The monoisotopic (exact) mass is 386 g/mol. The first-order valence-electron chi connectivity index (χ1n) is 9.62. The number of nitrogens with zero attached hydrogens (tertiary/aromatic N) is 2. The van der Waals surface area contributed by atoms with Crippen molar-refractivity contribution in [2.45, 2.75) is 58.0 Å². The molecule has 1 aromatic carbocycles. The Morgan fingerprint density at radius 3 is 2.68 bits per heavy atom. The molecule has 0 radical (unpaired) electrons. The van der Waals surface area contributed by atoms with Crippen molar-refractivity contribution in [3.05, 3.63) is 24.3 Å². The molecule has 1 fully saturated rings. The number of urea groups is 1. The van der Waals surface area contributed by atoms with Crippen molar-refractivity contribution in [2.24, 2.45) is 0 Å². The average Bonchev–Trinajstić information content (AvgIpc) is 2.77. The standard InChI is InChI=1S/C20H26N4O4/c1-4-5-10-20(3)18(27)23(19(28)22-20)12-17(26)24-13(2)11-16(25)21-14-8-6-7-9-15(14)24/h6-9,13H,4-5,10-12H2,1-3H3,(H,21,25)(H,22,28)/t13-,20-/m1/s1. The smallest absolute Gasteiger partial charge is 0.324 e. The Hall–Kier alpha value is -2.90. The van der Waals surface area contributed by atoms with Crippen LogP contribution in [0.15, 0.2) is 24.3 Å². The van der Waals surface area contributed by atoms with Crippen LogP contribution in [-0.4, -0.2) is 46.8 Å². The SMILES string of the molecule is CCCC[C@@]1(C)NC(=O)N(CC(=O)N2c3ccccc3NC(=O)C[C@H]2C)C1=O. The van der Waals surface area contributed by atoms with Gasteiger partial charge in [0.15, 0.2) is 0 Å². The van der Waals surface area contributed by atoms with Gasteiger partial charge in [0, 0.05) is 12.5 Å². The zero-order valence-electron chi connectivity index (χ0n) is 16.4. The summed E-state index contributed by atoms with van der Waals surface area (Å²) in [5.74, 6) is -0.971. The van der Waals surface area contributed by atoms with Gasteiger partial charge in [-0.15, -0.1) is 0 Å². The summed E-state index contributed by atoms with van der Waals surface area (Å²) >= 11 is 0. The number of hydrogen-bond acceptors (Lipinski definition) is 4. The molecule has 0 aromatic heterocycles. The largest absolute Gasteiger partial charge is 0.325 e. The van der Waals surface area contributed by atoms with Crippen molar-refractivity contribution in [1.82, 2.24) is 10.2 Å². The number of fused-ring (bicyclic) bond motifs is 1. The van der Waals surface area contributed by atoms with E-state index in [1.165, 1.54) is 4.90 Å². The van der Waals surface area contributed by atoms with Crippen LogP contribution in [0.25, 0.3) is 0 Å². The van der Waals surface area contributed by atoms with Crippen molar-refractivity contribution in [2.75, 3.05) is 16.8 Å². The summed E-state index contributed by atoms with van der Waals surface area (Å²) in [6, 6.07) is 6.06. The van der Waals surface area contributed by atoms with E-state index >= 15 is 0 Å². The number of hydrogen-bond donors (Lipinski definition) is 2. The van der Waals surface area contributed by atoms with Gasteiger partial charge < -0.3 is 15.5 Å². The fourth-order valence-electron chi connectivity index (χ4n) is 3.77. The lowest BCUT2D eigenvalue weighted by Gasteiger charge is -2.29. The second kappa shape index (κ2) is 7.61. The quantitative estimate of drug-likeness (QED) is 0.758. The van der Waals surface area contributed by atoms with Crippen LogP contribution in [0.5, 0.6) is 0 Å². The fourth-order valence-corrected chi connectivity index (χ4v) is 3.77. The van der Waals surface area contributed by atoms with Gasteiger partial charge in [0.25, 0.3) is 5.91 Å². The number of carbonyl (C=O) groups excluding carboxylic acids is 4. The van der Waals surface area contributed by atoms with Crippen LogP contribution in [0.1, 0.15) is 46.5 Å². The first-order valence-corrected chi connectivity index (χ1v) is 9.62. The Balaban J connectivity index is 1.83. The van der Waals surface area contributed by atoms with E-state index in [9.17, 15) is 19.2 Å². The number of imide groups is 1. The first kappa shape index (κ1) is 19.9.